The van der Waals surface area contributed by atoms with Crippen LogP contribution in [0.4, 0.5) is 5.69 Å². The molecule has 0 unspecified atom stereocenters. The zero-order valence-corrected chi connectivity index (χ0v) is 16.0. The SMILES string of the molecule is CC(C)N(C)C(=O)C1CCN(c2ccnc3cc(Br)cnc23)CC1. The number of nitrogens with zero attached hydrogens (tertiary/aromatic N) is 4. The van der Waals surface area contributed by atoms with Gasteiger partial charge in [-0.25, -0.2) is 0 Å². The van der Waals surface area contributed by atoms with Crippen LogP contribution in [0.2, 0.25) is 0 Å². The highest BCUT2D eigenvalue weighted by Crippen LogP contribution is 2.29. The van der Waals surface area contributed by atoms with Crippen LogP contribution in [-0.2, 0) is 4.79 Å². The second-order valence-electron chi connectivity index (χ2n) is 6.66. The van der Waals surface area contributed by atoms with Crippen molar-refractivity contribution in [3.63, 3.8) is 0 Å². The van der Waals surface area contributed by atoms with Crippen molar-refractivity contribution in [1.82, 2.24) is 14.9 Å². The molecule has 0 atom stereocenters. The Hall–Kier alpha value is -1.69. The molecule has 1 aliphatic rings. The molecule has 0 N–H and O–H groups in total. The van der Waals surface area contributed by atoms with E-state index in [0.29, 0.717) is 0 Å². The van der Waals surface area contributed by atoms with Gasteiger partial charge in [0.05, 0.1) is 11.2 Å². The van der Waals surface area contributed by atoms with Crippen LogP contribution in [0.25, 0.3) is 11.0 Å². The minimum Gasteiger partial charge on any atom is -0.370 e. The van der Waals surface area contributed by atoms with Gasteiger partial charge in [-0.2, -0.15) is 0 Å². The van der Waals surface area contributed by atoms with Crippen LogP contribution in [0.1, 0.15) is 26.7 Å². The summed E-state index contributed by atoms with van der Waals surface area (Å²) in [7, 11) is 1.90. The summed E-state index contributed by atoms with van der Waals surface area (Å²) in [5.41, 5.74) is 2.92. The average molecular weight is 391 g/mol. The first kappa shape index (κ1) is 17.1. The molecule has 0 spiro atoms. The predicted molar refractivity (Wildman–Crippen MR) is 100 cm³/mol. The summed E-state index contributed by atoms with van der Waals surface area (Å²) < 4.78 is 0.931. The zero-order valence-electron chi connectivity index (χ0n) is 14.4. The summed E-state index contributed by atoms with van der Waals surface area (Å²) >= 11 is 3.44. The molecule has 1 fully saturated rings. The Morgan fingerprint density at radius 1 is 1.33 bits per heavy atom. The van der Waals surface area contributed by atoms with Gasteiger partial charge in [0.1, 0.15) is 5.52 Å². The van der Waals surface area contributed by atoms with E-state index in [-0.39, 0.29) is 17.9 Å². The van der Waals surface area contributed by atoms with Crippen molar-refractivity contribution in [2.75, 3.05) is 25.0 Å². The maximum Gasteiger partial charge on any atom is 0.225 e. The number of hydrogen-bond donors (Lipinski definition) is 0. The summed E-state index contributed by atoms with van der Waals surface area (Å²) in [6.07, 6.45) is 5.41. The van der Waals surface area contributed by atoms with Crippen molar-refractivity contribution < 1.29 is 4.79 Å². The topological polar surface area (TPSA) is 49.3 Å². The van der Waals surface area contributed by atoms with Crippen molar-refractivity contribution in [2.45, 2.75) is 32.7 Å². The monoisotopic (exact) mass is 390 g/mol. The lowest BCUT2D eigenvalue weighted by molar-refractivity contribution is -0.136. The van der Waals surface area contributed by atoms with E-state index in [2.05, 4.69) is 44.6 Å². The number of anilines is 1. The van der Waals surface area contributed by atoms with Crippen molar-refractivity contribution in [1.29, 1.82) is 0 Å². The Morgan fingerprint density at radius 3 is 2.71 bits per heavy atom. The third-order valence-corrected chi connectivity index (χ3v) is 5.26. The lowest BCUT2D eigenvalue weighted by Gasteiger charge is -2.35. The molecule has 0 saturated carbocycles. The quantitative estimate of drug-likeness (QED) is 0.804. The Labute approximate surface area is 151 Å². The molecule has 0 radical (unpaired) electrons. The van der Waals surface area contributed by atoms with Gasteiger partial charge in [-0.3, -0.25) is 14.8 Å². The fraction of sp³-hybridized carbons (Fsp3) is 0.500. The molecule has 3 heterocycles. The molecule has 1 aliphatic heterocycles. The highest BCUT2D eigenvalue weighted by atomic mass is 79.9. The molecule has 2 aromatic heterocycles. The van der Waals surface area contributed by atoms with Gasteiger partial charge in [0.15, 0.2) is 0 Å². The summed E-state index contributed by atoms with van der Waals surface area (Å²) in [5.74, 6) is 0.398. The van der Waals surface area contributed by atoms with E-state index in [9.17, 15) is 4.79 Å². The van der Waals surface area contributed by atoms with E-state index < -0.39 is 0 Å². The molecule has 128 valence electrons. The van der Waals surface area contributed by atoms with Crippen LogP contribution in [0.5, 0.6) is 0 Å². The van der Waals surface area contributed by atoms with Gasteiger partial charge in [0.2, 0.25) is 5.91 Å². The number of rotatable bonds is 3. The largest absolute Gasteiger partial charge is 0.370 e. The van der Waals surface area contributed by atoms with Crippen molar-refractivity contribution in [3.8, 4) is 0 Å². The first-order valence-corrected chi connectivity index (χ1v) is 9.18. The number of carbonyl (C=O) groups excluding carboxylic acids is 1. The molecule has 24 heavy (non-hydrogen) atoms. The molecule has 0 aromatic carbocycles. The van der Waals surface area contributed by atoms with Gasteiger partial charge in [-0.15, -0.1) is 0 Å². The van der Waals surface area contributed by atoms with Crippen LogP contribution in [0.15, 0.2) is 29.0 Å². The van der Waals surface area contributed by atoms with Gasteiger partial charge in [-0.05, 0) is 54.8 Å². The first-order chi connectivity index (χ1) is 11.5. The number of halogens is 1. The van der Waals surface area contributed by atoms with Crippen LogP contribution in [-0.4, -0.2) is 47.0 Å². The van der Waals surface area contributed by atoms with Crippen LogP contribution < -0.4 is 4.90 Å². The number of fused-ring (bicyclic) bond motifs is 1. The minimum atomic E-state index is 0.129. The van der Waals surface area contributed by atoms with E-state index in [4.69, 9.17) is 0 Å². The summed E-state index contributed by atoms with van der Waals surface area (Å²) in [6.45, 7) is 5.86. The smallest absolute Gasteiger partial charge is 0.225 e. The Kier molecular flexibility index (Phi) is 5.04. The van der Waals surface area contributed by atoms with Crippen LogP contribution in [0, 0.1) is 5.92 Å². The molecule has 0 aliphatic carbocycles. The standard InChI is InChI=1S/C18H23BrN4O/c1-12(2)22(3)18(24)13-5-8-23(9-6-13)16-4-7-20-15-10-14(19)11-21-17(15)16/h4,7,10-13H,5-6,8-9H2,1-3H3. The third-order valence-electron chi connectivity index (χ3n) is 4.83. The molecule has 1 saturated heterocycles. The average Bonchev–Trinajstić information content (AvgIpc) is 2.59. The van der Waals surface area contributed by atoms with E-state index in [1.807, 2.05) is 30.3 Å². The van der Waals surface area contributed by atoms with Crippen molar-refractivity contribution in [3.05, 3.63) is 29.0 Å². The number of hydrogen-bond acceptors (Lipinski definition) is 4. The number of carbonyl (C=O) groups is 1. The summed E-state index contributed by atoms with van der Waals surface area (Å²) in [4.78, 5) is 25.6. The molecule has 5 nitrogen and oxygen atoms in total. The second-order valence-corrected chi connectivity index (χ2v) is 7.57. The van der Waals surface area contributed by atoms with Gasteiger partial charge >= 0.3 is 0 Å². The summed E-state index contributed by atoms with van der Waals surface area (Å²) in [5, 5.41) is 0. The van der Waals surface area contributed by atoms with Crippen molar-refractivity contribution >= 4 is 38.6 Å². The van der Waals surface area contributed by atoms with Crippen molar-refractivity contribution in [2.24, 2.45) is 5.92 Å². The summed E-state index contributed by atoms with van der Waals surface area (Å²) in [6, 6.07) is 4.26. The van der Waals surface area contributed by atoms with Gasteiger partial charge in [0, 0.05) is 49.0 Å². The molecule has 6 heteroatoms. The Bertz CT molecular complexity index is 741. The number of piperidine rings is 1. The molecule has 2 aromatic rings. The number of amides is 1. The van der Waals surface area contributed by atoms with Crippen LogP contribution in [0.3, 0.4) is 0 Å². The normalized spacial score (nSPS) is 16.0. The molecule has 3 rings (SSSR count). The maximum atomic E-state index is 12.5. The van der Waals surface area contributed by atoms with Gasteiger partial charge in [-0.1, -0.05) is 0 Å². The molecular weight excluding hydrogens is 368 g/mol. The zero-order chi connectivity index (χ0) is 17.3. The van der Waals surface area contributed by atoms with E-state index in [0.717, 1.165) is 47.1 Å². The minimum absolute atomic E-state index is 0.129. The molecule has 0 bridgehead atoms. The van der Waals surface area contributed by atoms with E-state index >= 15 is 0 Å². The lowest BCUT2D eigenvalue weighted by Crippen LogP contribution is -2.43. The molecule has 1 amide bonds. The fourth-order valence-electron chi connectivity index (χ4n) is 3.16. The Balaban J connectivity index is 1.75. The fourth-order valence-corrected chi connectivity index (χ4v) is 3.48. The maximum absolute atomic E-state index is 12.5. The predicted octanol–water partition coefficient (Wildman–Crippen LogP) is 3.48. The third kappa shape index (κ3) is 3.38. The molecular formula is C18H23BrN4O. The number of pyridine rings is 2. The Morgan fingerprint density at radius 2 is 2.04 bits per heavy atom. The lowest BCUT2D eigenvalue weighted by atomic mass is 9.94. The first-order valence-electron chi connectivity index (χ1n) is 8.39. The van der Waals surface area contributed by atoms with Gasteiger partial charge in [0.25, 0.3) is 0 Å². The van der Waals surface area contributed by atoms with E-state index in [1.54, 1.807) is 6.20 Å². The van der Waals surface area contributed by atoms with E-state index in [1.165, 1.54) is 0 Å². The number of aromatic nitrogens is 2. The van der Waals surface area contributed by atoms with Crippen LogP contribution >= 0.6 is 15.9 Å². The van der Waals surface area contributed by atoms with Gasteiger partial charge < -0.3 is 9.80 Å². The highest BCUT2D eigenvalue weighted by Gasteiger charge is 2.28. The highest BCUT2D eigenvalue weighted by molar-refractivity contribution is 9.10. The second kappa shape index (κ2) is 7.05.